The molecular weight excluding hydrogens is 401 g/mol. The van der Waals surface area contributed by atoms with Gasteiger partial charge >= 0.3 is 5.97 Å². The minimum atomic E-state index is -3.11. The lowest BCUT2D eigenvalue weighted by molar-refractivity contribution is 0.0165. The molecule has 0 saturated heterocycles. The number of amides is 1. The summed E-state index contributed by atoms with van der Waals surface area (Å²) in [7, 11) is 1.13. The van der Waals surface area contributed by atoms with Crippen LogP contribution in [0, 0.1) is 11.7 Å². The van der Waals surface area contributed by atoms with E-state index in [1.54, 1.807) is 30.3 Å². The maximum Gasteiger partial charge on any atom is 0.337 e. The minimum Gasteiger partial charge on any atom is -0.465 e. The van der Waals surface area contributed by atoms with Crippen LogP contribution in [-0.2, 0) is 15.0 Å². The highest BCUT2D eigenvalue weighted by Crippen LogP contribution is 2.56. The zero-order valence-electron chi connectivity index (χ0n) is 15.8. The van der Waals surface area contributed by atoms with Crippen molar-refractivity contribution in [3.05, 3.63) is 71.0 Å². The number of halogens is 3. The zero-order chi connectivity index (χ0) is 21.5. The van der Waals surface area contributed by atoms with Crippen molar-refractivity contribution in [2.24, 2.45) is 10.9 Å². The summed E-state index contributed by atoms with van der Waals surface area (Å²) in [6.45, 7) is 0. The lowest BCUT2D eigenvalue weighted by Gasteiger charge is -2.34. The van der Waals surface area contributed by atoms with Gasteiger partial charge in [0.2, 0.25) is 0 Å². The average Bonchev–Trinajstić information content (AvgIpc) is 3.53. The summed E-state index contributed by atoms with van der Waals surface area (Å²) in [4.78, 5) is 28.2. The topological polar surface area (TPSA) is 77.0 Å². The number of amidine groups is 1. The third kappa shape index (κ3) is 3.30. The first-order valence-corrected chi connectivity index (χ1v) is 9.16. The molecule has 1 N–H and O–H groups in total. The molecule has 1 amide bonds. The van der Waals surface area contributed by atoms with E-state index in [2.05, 4.69) is 15.0 Å². The second-order valence-corrected chi connectivity index (χ2v) is 7.05. The van der Waals surface area contributed by atoms with Gasteiger partial charge in [0.25, 0.3) is 18.4 Å². The number of ether oxygens (including phenoxy) is 2. The molecule has 1 aliphatic carbocycles. The molecule has 30 heavy (non-hydrogen) atoms. The molecule has 1 fully saturated rings. The Morgan fingerprint density at radius 3 is 2.60 bits per heavy atom. The molecule has 2 aromatic rings. The van der Waals surface area contributed by atoms with Gasteiger partial charge in [0.05, 0.1) is 12.7 Å². The summed E-state index contributed by atoms with van der Waals surface area (Å²) in [6.07, 6.45) is -3.55. The van der Waals surface area contributed by atoms with E-state index in [-0.39, 0.29) is 17.5 Å². The van der Waals surface area contributed by atoms with Gasteiger partial charge in [0, 0.05) is 17.0 Å². The third-order valence-electron chi connectivity index (χ3n) is 5.25. The van der Waals surface area contributed by atoms with Crippen LogP contribution in [0.25, 0.3) is 0 Å². The van der Waals surface area contributed by atoms with Crippen molar-refractivity contribution in [2.45, 2.75) is 24.5 Å². The van der Waals surface area contributed by atoms with E-state index >= 15 is 0 Å². The summed E-state index contributed by atoms with van der Waals surface area (Å²) in [5.74, 6) is -3.12. The van der Waals surface area contributed by atoms with E-state index < -0.39 is 53.3 Å². The first-order chi connectivity index (χ1) is 14.4. The highest BCUT2D eigenvalue weighted by Gasteiger charge is 2.64. The van der Waals surface area contributed by atoms with E-state index in [1.807, 2.05) is 0 Å². The number of aliphatic imine (C=N–C) groups is 1. The molecule has 4 rings (SSSR count). The summed E-state index contributed by atoms with van der Waals surface area (Å²) in [5, 5.41) is 2.38. The number of fused-ring (bicyclic) bond motifs is 1. The summed E-state index contributed by atoms with van der Waals surface area (Å²) in [5.41, 5.74) is -2.54. The second-order valence-electron chi connectivity index (χ2n) is 7.05. The normalized spacial score (nSPS) is 24.4. The van der Waals surface area contributed by atoms with Crippen LogP contribution >= 0.6 is 0 Å². The summed E-state index contributed by atoms with van der Waals surface area (Å²) >= 11 is 0. The van der Waals surface area contributed by atoms with Crippen LogP contribution in [0.15, 0.2) is 53.5 Å². The number of nitrogens with one attached hydrogen (secondary N) is 1. The van der Waals surface area contributed by atoms with Gasteiger partial charge in [-0.15, -0.1) is 0 Å². The zero-order valence-corrected chi connectivity index (χ0v) is 15.8. The molecule has 6 nitrogen and oxygen atoms in total. The predicted molar refractivity (Wildman–Crippen MR) is 99.7 cm³/mol. The Labute approximate surface area is 169 Å². The van der Waals surface area contributed by atoms with E-state index in [0.717, 1.165) is 25.3 Å². The van der Waals surface area contributed by atoms with Crippen LogP contribution in [-0.4, -0.2) is 37.5 Å². The fourth-order valence-electron chi connectivity index (χ4n) is 3.67. The van der Waals surface area contributed by atoms with Crippen molar-refractivity contribution >= 4 is 17.9 Å². The molecule has 9 heteroatoms. The molecular formula is C21H17F3N2O4. The summed E-state index contributed by atoms with van der Waals surface area (Å²) in [6, 6.07) is 10.8. The second kappa shape index (κ2) is 7.47. The SMILES string of the molecule is COC(=O)c1ccc(F)c([C@@]2(C(F)F)N=C(NC(=O)c3ccccc3)O[C@@H]3CC32)c1. The quantitative estimate of drug-likeness (QED) is 0.774. The molecule has 1 saturated carbocycles. The van der Waals surface area contributed by atoms with E-state index in [9.17, 15) is 22.8 Å². The molecule has 1 heterocycles. The van der Waals surface area contributed by atoms with Crippen molar-refractivity contribution < 1.29 is 32.2 Å². The van der Waals surface area contributed by atoms with E-state index in [1.165, 1.54) is 0 Å². The molecule has 1 aliphatic heterocycles. The number of rotatable bonds is 4. The van der Waals surface area contributed by atoms with Crippen LogP contribution in [0.5, 0.6) is 0 Å². The van der Waals surface area contributed by atoms with Gasteiger partial charge < -0.3 is 9.47 Å². The first kappa shape index (κ1) is 19.9. The standard InChI is InChI=1S/C21H17F3N2O4/c1-29-18(28)12-7-8-15(22)13(9-12)21(19(23)24)14-10-16(14)30-20(26-21)25-17(27)11-5-3-2-4-6-11/h2-9,14,16,19H,10H2,1H3,(H,25,26,27)/t14?,16-,21-/m1/s1. The Hall–Kier alpha value is -3.36. The van der Waals surface area contributed by atoms with Gasteiger partial charge in [-0.1, -0.05) is 18.2 Å². The number of hydrogen-bond acceptors (Lipinski definition) is 5. The third-order valence-corrected chi connectivity index (χ3v) is 5.25. The van der Waals surface area contributed by atoms with Gasteiger partial charge in [0.1, 0.15) is 11.9 Å². The van der Waals surface area contributed by atoms with Gasteiger partial charge in [0.15, 0.2) is 5.54 Å². The van der Waals surface area contributed by atoms with Crippen molar-refractivity contribution in [3.63, 3.8) is 0 Å². The first-order valence-electron chi connectivity index (χ1n) is 9.16. The summed E-state index contributed by atoms with van der Waals surface area (Å²) < 4.78 is 53.6. The van der Waals surface area contributed by atoms with Crippen LogP contribution in [0.2, 0.25) is 0 Å². The van der Waals surface area contributed by atoms with Crippen LogP contribution in [0.3, 0.4) is 0 Å². The maximum absolute atomic E-state index is 14.7. The van der Waals surface area contributed by atoms with Crippen molar-refractivity contribution in [2.75, 3.05) is 7.11 Å². The highest BCUT2D eigenvalue weighted by molar-refractivity contribution is 6.04. The monoisotopic (exact) mass is 418 g/mol. The molecule has 2 aromatic carbocycles. The van der Waals surface area contributed by atoms with Gasteiger partial charge in [-0.2, -0.15) is 0 Å². The molecule has 0 bridgehead atoms. The Morgan fingerprint density at radius 1 is 1.20 bits per heavy atom. The molecule has 0 spiro atoms. The van der Waals surface area contributed by atoms with Gasteiger partial charge in [-0.25, -0.2) is 23.0 Å². The molecule has 0 radical (unpaired) electrons. The van der Waals surface area contributed by atoms with Gasteiger partial charge in [-0.05, 0) is 36.8 Å². The number of nitrogens with zero attached hydrogens (tertiary/aromatic N) is 1. The van der Waals surface area contributed by atoms with Crippen molar-refractivity contribution in [1.29, 1.82) is 0 Å². The Morgan fingerprint density at radius 2 is 1.93 bits per heavy atom. The number of esters is 1. The number of carbonyl (C=O) groups is 2. The lowest BCUT2D eigenvalue weighted by atomic mass is 9.84. The van der Waals surface area contributed by atoms with E-state index in [0.29, 0.717) is 0 Å². The van der Waals surface area contributed by atoms with Crippen LogP contribution in [0.4, 0.5) is 13.2 Å². The Bertz CT molecular complexity index is 1030. The number of benzene rings is 2. The van der Waals surface area contributed by atoms with Crippen LogP contribution in [0.1, 0.15) is 32.7 Å². The predicted octanol–water partition coefficient (Wildman–Crippen LogP) is 3.28. The number of carbonyl (C=O) groups excluding carboxylic acids is 2. The maximum atomic E-state index is 14.7. The van der Waals surface area contributed by atoms with Crippen molar-refractivity contribution in [3.8, 4) is 0 Å². The number of hydrogen-bond donors (Lipinski definition) is 1. The fraction of sp³-hybridized carbons (Fsp3) is 0.286. The molecule has 2 aliphatic rings. The largest absolute Gasteiger partial charge is 0.465 e. The number of alkyl halides is 2. The average molecular weight is 418 g/mol. The lowest BCUT2D eigenvalue weighted by Crippen LogP contribution is -2.46. The van der Waals surface area contributed by atoms with E-state index in [4.69, 9.17) is 4.74 Å². The highest BCUT2D eigenvalue weighted by atomic mass is 19.3. The molecule has 156 valence electrons. The van der Waals surface area contributed by atoms with Crippen LogP contribution < -0.4 is 5.32 Å². The Kier molecular flexibility index (Phi) is 4.97. The molecule has 3 atom stereocenters. The Balaban J connectivity index is 1.76. The fourth-order valence-corrected chi connectivity index (χ4v) is 3.67. The molecule has 1 unspecified atom stereocenters. The smallest absolute Gasteiger partial charge is 0.337 e. The van der Waals surface area contributed by atoms with Crippen molar-refractivity contribution in [1.82, 2.24) is 5.32 Å². The van der Waals surface area contributed by atoms with Gasteiger partial charge in [-0.3, -0.25) is 10.1 Å². The number of methoxy groups -OCH3 is 1. The molecule has 0 aromatic heterocycles. The minimum absolute atomic E-state index is 0.0808.